The van der Waals surface area contributed by atoms with E-state index in [1.165, 1.54) is 23.0 Å². The Morgan fingerprint density at radius 3 is 2.71 bits per heavy atom. The van der Waals surface area contributed by atoms with E-state index in [1.807, 2.05) is 48.5 Å². The summed E-state index contributed by atoms with van der Waals surface area (Å²) >= 11 is 1.33. The summed E-state index contributed by atoms with van der Waals surface area (Å²) in [6.45, 7) is 4.08. The van der Waals surface area contributed by atoms with Crippen LogP contribution in [-0.4, -0.2) is 16.1 Å². The third-order valence-electron chi connectivity index (χ3n) is 6.82. The maximum Gasteiger partial charge on any atom is 0.271 e. The molecule has 0 radical (unpaired) electrons. The lowest BCUT2D eigenvalue weighted by molar-refractivity contribution is -0.384. The molecule has 0 bridgehead atoms. The van der Waals surface area contributed by atoms with Crippen molar-refractivity contribution in [2.45, 2.75) is 18.9 Å². The average molecular weight is 522 g/mol. The summed E-state index contributed by atoms with van der Waals surface area (Å²) in [5, 5.41) is 11.6. The van der Waals surface area contributed by atoms with E-state index in [0.717, 1.165) is 41.0 Å². The van der Waals surface area contributed by atoms with E-state index < -0.39 is 11.0 Å². The van der Waals surface area contributed by atoms with Gasteiger partial charge in [0.1, 0.15) is 12.4 Å². The molecular formula is C30H23N3O4S. The van der Waals surface area contributed by atoms with Gasteiger partial charge in [-0.15, -0.1) is 0 Å². The van der Waals surface area contributed by atoms with Crippen LogP contribution in [0, 0.1) is 10.1 Å². The van der Waals surface area contributed by atoms with Crippen LogP contribution >= 0.6 is 11.3 Å². The second-order valence-corrected chi connectivity index (χ2v) is 10.1. The number of thiazole rings is 1. The number of aryl methyl sites for hydroxylation is 1. The van der Waals surface area contributed by atoms with Crippen molar-refractivity contribution in [3.63, 3.8) is 0 Å². The average Bonchev–Trinajstić information content (AvgIpc) is 3.25. The topological polar surface area (TPSA) is 86.7 Å². The molecule has 6 rings (SSSR count). The fraction of sp³-hybridized carbons (Fsp3) is 0.133. The number of rotatable bonds is 6. The predicted molar refractivity (Wildman–Crippen MR) is 148 cm³/mol. The zero-order valence-corrected chi connectivity index (χ0v) is 21.2. The van der Waals surface area contributed by atoms with Crippen molar-refractivity contribution in [2.24, 2.45) is 4.99 Å². The third kappa shape index (κ3) is 4.18. The molecule has 2 heterocycles. The molecule has 188 valence electrons. The molecular weight excluding hydrogens is 498 g/mol. The number of benzene rings is 3. The first kappa shape index (κ1) is 23.8. The highest BCUT2D eigenvalue weighted by Gasteiger charge is 2.33. The summed E-state index contributed by atoms with van der Waals surface area (Å²) < 4.78 is 7.81. The Labute approximate surface area is 222 Å². The van der Waals surface area contributed by atoms with Crippen LogP contribution in [0.1, 0.15) is 34.7 Å². The summed E-state index contributed by atoms with van der Waals surface area (Å²) in [6.07, 6.45) is 5.08. The Morgan fingerprint density at radius 1 is 1.11 bits per heavy atom. The van der Waals surface area contributed by atoms with Crippen LogP contribution in [0.2, 0.25) is 0 Å². The molecule has 0 fully saturated rings. The second kappa shape index (κ2) is 9.72. The van der Waals surface area contributed by atoms with Crippen molar-refractivity contribution in [1.29, 1.82) is 0 Å². The molecule has 0 spiro atoms. The number of fused-ring (bicyclic) bond motifs is 3. The number of hydrogen-bond acceptors (Lipinski definition) is 6. The molecule has 1 atom stereocenters. The molecule has 2 aliphatic rings. The van der Waals surface area contributed by atoms with Crippen LogP contribution in [0.3, 0.4) is 0 Å². The lowest BCUT2D eigenvalue weighted by Gasteiger charge is -2.30. The predicted octanol–water partition coefficient (Wildman–Crippen LogP) is 4.79. The minimum atomic E-state index is -0.466. The Balaban J connectivity index is 1.54. The highest BCUT2D eigenvalue weighted by molar-refractivity contribution is 7.07. The van der Waals surface area contributed by atoms with Gasteiger partial charge in [0, 0.05) is 17.7 Å². The van der Waals surface area contributed by atoms with E-state index in [9.17, 15) is 14.9 Å². The molecule has 7 nitrogen and oxygen atoms in total. The summed E-state index contributed by atoms with van der Waals surface area (Å²) in [4.78, 5) is 30.6. The number of nitro benzene ring substituents is 1. The van der Waals surface area contributed by atoms with Crippen LogP contribution in [-0.2, 0) is 6.42 Å². The number of ether oxygens (including phenoxy) is 1. The summed E-state index contributed by atoms with van der Waals surface area (Å²) in [7, 11) is 0. The number of aromatic nitrogens is 1. The number of nitrogens with zero attached hydrogens (tertiary/aromatic N) is 3. The fourth-order valence-corrected chi connectivity index (χ4v) is 6.10. The number of non-ortho nitro benzene ring substituents is 1. The largest absolute Gasteiger partial charge is 0.490 e. The molecule has 1 aliphatic heterocycles. The monoisotopic (exact) mass is 521 g/mol. The quantitative estimate of drug-likeness (QED) is 0.207. The highest BCUT2D eigenvalue weighted by atomic mass is 32.1. The van der Waals surface area contributed by atoms with Crippen LogP contribution in [0.5, 0.6) is 5.75 Å². The van der Waals surface area contributed by atoms with Gasteiger partial charge < -0.3 is 4.74 Å². The number of hydrogen-bond donors (Lipinski definition) is 0. The first-order chi connectivity index (χ1) is 18.5. The van der Waals surface area contributed by atoms with Crippen molar-refractivity contribution in [3.05, 3.63) is 143 Å². The van der Waals surface area contributed by atoms with Gasteiger partial charge in [-0.25, -0.2) is 4.99 Å². The molecule has 38 heavy (non-hydrogen) atoms. The van der Waals surface area contributed by atoms with E-state index in [-0.39, 0.29) is 11.2 Å². The van der Waals surface area contributed by atoms with Gasteiger partial charge >= 0.3 is 0 Å². The first-order valence-corrected chi connectivity index (χ1v) is 13.1. The Hall–Kier alpha value is -4.56. The van der Waals surface area contributed by atoms with Crippen molar-refractivity contribution in [2.75, 3.05) is 6.61 Å². The standard InChI is InChI=1S/C30H23N3O4S/c1-2-16-37-23-13-10-19(11-14-23)17-26-29(34)32-28(21-7-5-8-22(18-21)33(35)36)25-15-12-20-6-3-4-9-24(20)27(25)31-30(32)38-26/h2-11,13-14,17-18,28H,1,12,15-16H2. The van der Waals surface area contributed by atoms with Gasteiger partial charge in [-0.3, -0.25) is 19.5 Å². The Morgan fingerprint density at radius 2 is 1.92 bits per heavy atom. The third-order valence-corrected chi connectivity index (χ3v) is 7.80. The van der Waals surface area contributed by atoms with E-state index in [1.54, 1.807) is 22.8 Å². The molecule has 4 aromatic rings. The van der Waals surface area contributed by atoms with Gasteiger partial charge in [0.25, 0.3) is 11.2 Å². The van der Waals surface area contributed by atoms with Crippen molar-refractivity contribution in [3.8, 4) is 5.75 Å². The zero-order valence-electron chi connectivity index (χ0n) is 20.4. The molecule has 1 aromatic heterocycles. The maximum absolute atomic E-state index is 13.8. The van der Waals surface area contributed by atoms with Gasteiger partial charge in [-0.2, -0.15) is 0 Å². The van der Waals surface area contributed by atoms with Crippen molar-refractivity contribution >= 4 is 28.8 Å². The summed E-state index contributed by atoms with van der Waals surface area (Å²) in [6, 6.07) is 21.8. The zero-order chi connectivity index (χ0) is 26.2. The molecule has 8 heteroatoms. The van der Waals surface area contributed by atoms with E-state index >= 15 is 0 Å². The smallest absolute Gasteiger partial charge is 0.271 e. The summed E-state index contributed by atoms with van der Waals surface area (Å²) in [5.74, 6) is 0.723. The summed E-state index contributed by atoms with van der Waals surface area (Å²) in [5.41, 5.74) is 5.54. The SMILES string of the molecule is C=CCOc1ccc(C=c2sc3n(c2=O)C(c2cccc([N+](=O)[O-])c2)C2=C(N=3)c3ccccc3CC2)cc1. The fourth-order valence-electron chi connectivity index (χ4n) is 5.10. The minimum absolute atomic E-state index is 0.00116. The van der Waals surface area contributed by atoms with Gasteiger partial charge in [0.2, 0.25) is 0 Å². The maximum atomic E-state index is 13.8. The number of nitro groups is 1. The lowest BCUT2D eigenvalue weighted by Crippen LogP contribution is -2.38. The second-order valence-electron chi connectivity index (χ2n) is 9.13. The molecule has 0 amide bonds. The molecule has 0 saturated carbocycles. The highest BCUT2D eigenvalue weighted by Crippen LogP contribution is 2.41. The molecule has 0 saturated heterocycles. The van der Waals surface area contributed by atoms with Crippen LogP contribution in [0.4, 0.5) is 5.69 Å². The van der Waals surface area contributed by atoms with Crippen molar-refractivity contribution in [1.82, 2.24) is 4.57 Å². The molecule has 1 unspecified atom stereocenters. The first-order valence-electron chi connectivity index (χ1n) is 12.2. The van der Waals surface area contributed by atoms with Gasteiger partial charge in [-0.05, 0) is 53.3 Å². The van der Waals surface area contributed by atoms with Gasteiger partial charge in [-0.1, -0.05) is 72.5 Å². The molecule has 0 N–H and O–H groups in total. The van der Waals surface area contributed by atoms with Crippen LogP contribution < -0.4 is 19.6 Å². The number of allylic oxidation sites excluding steroid dienone is 1. The van der Waals surface area contributed by atoms with Crippen LogP contribution in [0.15, 0.2) is 101 Å². The Bertz CT molecular complexity index is 1800. The Kier molecular flexibility index (Phi) is 6.09. The lowest BCUT2D eigenvalue weighted by atomic mass is 9.83. The minimum Gasteiger partial charge on any atom is -0.490 e. The molecule has 1 aliphatic carbocycles. The van der Waals surface area contributed by atoms with E-state index in [2.05, 4.69) is 18.7 Å². The van der Waals surface area contributed by atoms with Crippen LogP contribution in [0.25, 0.3) is 11.8 Å². The van der Waals surface area contributed by atoms with E-state index in [0.29, 0.717) is 21.5 Å². The normalized spacial score (nSPS) is 16.2. The van der Waals surface area contributed by atoms with E-state index in [4.69, 9.17) is 9.73 Å². The van der Waals surface area contributed by atoms with Gasteiger partial charge in [0.15, 0.2) is 4.80 Å². The van der Waals surface area contributed by atoms with Crippen molar-refractivity contribution < 1.29 is 9.66 Å². The van der Waals surface area contributed by atoms with Gasteiger partial charge in [0.05, 0.1) is 21.2 Å². The molecule has 3 aromatic carbocycles.